The van der Waals surface area contributed by atoms with Crippen LogP contribution < -0.4 is 4.74 Å². The van der Waals surface area contributed by atoms with Crippen molar-refractivity contribution in [2.75, 3.05) is 33.9 Å². The quantitative estimate of drug-likeness (QED) is 0.743. The maximum absolute atomic E-state index is 5.70. The minimum atomic E-state index is -0.180. The molecule has 0 unspecified atom stereocenters. The lowest BCUT2D eigenvalue weighted by Crippen LogP contribution is -2.35. The summed E-state index contributed by atoms with van der Waals surface area (Å²) in [6.45, 7) is 3.22. The van der Waals surface area contributed by atoms with E-state index in [1.165, 1.54) is 5.56 Å². The number of nitrogens with zero attached hydrogens (tertiary/aromatic N) is 1. The summed E-state index contributed by atoms with van der Waals surface area (Å²) in [5.41, 5.74) is 1.22. The highest BCUT2D eigenvalue weighted by Crippen LogP contribution is 2.22. The first-order valence-corrected chi connectivity index (χ1v) is 5.82. The molecule has 4 heteroatoms. The first-order chi connectivity index (χ1) is 8.33. The summed E-state index contributed by atoms with van der Waals surface area (Å²) < 4.78 is 16.2. The van der Waals surface area contributed by atoms with Crippen LogP contribution in [0.15, 0.2) is 24.3 Å². The van der Waals surface area contributed by atoms with Crippen LogP contribution in [-0.2, 0) is 16.0 Å². The summed E-state index contributed by atoms with van der Waals surface area (Å²) in [6.07, 6.45) is -0.180. The lowest BCUT2D eigenvalue weighted by Gasteiger charge is -2.23. The standard InChI is InChI=1S/C13H19NO3/c1-15-13(16-2)10-14-7-8-17-12-6-4-3-5-11(12)9-14/h3-6,13H,7-10H2,1-2H3. The molecule has 17 heavy (non-hydrogen) atoms. The predicted molar refractivity (Wildman–Crippen MR) is 65.0 cm³/mol. The fourth-order valence-electron chi connectivity index (χ4n) is 1.99. The minimum absolute atomic E-state index is 0.180. The molecule has 0 amide bonds. The van der Waals surface area contributed by atoms with Gasteiger partial charge in [-0.25, -0.2) is 0 Å². The number of methoxy groups -OCH3 is 2. The van der Waals surface area contributed by atoms with E-state index in [2.05, 4.69) is 11.0 Å². The van der Waals surface area contributed by atoms with Crippen LogP contribution in [0, 0.1) is 0 Å². The average molecular weight is 237 g/mol. The Bertz CT molecular complexity index is 352. The summed E-state index contributed by atoms with van der Waals surface area (Å²) in [5.74, 6) is 0.987. The minimum Gasteiger partial charge on any atom is -0.492 e. The third-order valence-corrected chi connectivity index (χ3v) is 2.96. The molecule has 0 aromatic heterocycles. The van der Waals surface area contributed by atoms with Crippen molar-refractivity contribution in [1.82, 2.24) is 4.90 Å². The Morgan fingerprint density at radius 3 is 2.82 bits per heavy atom. The monoisotopic (exact) mass is 237 g/mol. The molecule has 0 spiro atoms. The summed E-state index contributed by atoms with van der Waals surface area (Å²) in [7, 11) is 3.33. The molecular formula is C13H19NO3. The topological polar surface area (TPSA) is 30.9 Å². The van der Waals surface area contributed by atoms with Crippen LogP contribution in [-0.4, -0.2) is 45.1 Å². The number of hydrogen-bond donors (Lipinski definition) is 0. The molecule has 0 aliphatic carbocycles. The first kappa shape index (κ1) is 12.4. The number of benzene rings is 1. The van der Waals surface area contributed by atoms with Crippen LogP contribution in [0.4, 0.5) is 0 Å². The molecule has 1 aromatic rings. The molecule has 2 rings (SSSR count). The van der Waals surface area contributed by atoms with Gasteiger partial charge in [0.1, 0.15) is 12.4 Å². The zero-order valence-corrected chi connectivity index (χ0v) is 10.4. The first-order valence-electron chi connectivity index (χ1n) is 5.82. The Kier molecular flexibility index (Phi) is 4.36. The van der Waals surface area contributed by atoms with Crippen molar-refractivity contribution in [2.45, 2.75) is 12.8 Å². The summed E-state index contributed by atoms with van der Waals surface area (Å²) >= 11 is 0. The van der Waals surface area contributed by atoms with Crippen LogP contribution in [0.5, 0.6) is 5.75 Å². The predicted octanol–water partition coefficient (Wildman–Crippen LogP) is 1.50. The van der Waals surface area contributed by atoms with Crippen LogP contribution in [0.3, 0.4) is 0 Å². The van der Waals surface area contributed by atoms with Gasteiger partial charge < -0.3 is 14.2 Å². The fourth-order valence-corrected chi connectivity index (χ4v) is 1.99. The van der Waals surface area contributed by atoms with Crippen molar-refractivity contribution < 1.29 is 14.2 Å². The number of rotatable bonds is 4. The second kappa shape index (κ2) is 6.00. The van der Waals surface area contributed by atoms with E-state index >= 15 is 0 Å². The SMILES string of the molecule is COC(CN1CCOc2ccccc2C1)OC. The van der Waals surface area contributed by atoms with Crippen molar-refractivity contribution in [3.05, 3.63) is 29.8 Å². The van der Waals surface area contributed by atoms with E-state index in [4.69, 9.17) is 14.2 Å². The molecule has 0 fully saturated rings. The van der Waals surface area contributed by atoms with E-state index in [0.29, 0.717) is 6.61 Å². The van der Waals surface area contributed by atoms with Crippen molar-refractivity contribution in [3.8, 4) is 5.75 Å². The molecule has 4 nitrogen and oxygen atoms in total. The number of ether oxygens (including phenoxy) is 3. The molecule has 0 bridgehead atoms. The summed E-state index contributed by atoms with van der Waals surface area (Å²) in [5, 5.41) is 0. The molecule has 1 heterocycles. The fraction of sp³-hybridized carbons (Fsp3) is 0.538. The maximum atomic E-state index is 5.70. The van der Waals surface area contributed by atoms with Crippen LogP contribution >= 0.6 is 0 Å². The number of para-hydroxylation sites is 1. The van der Waals surface area contributed by atoms with Crippen LogP contribution in [0.1, 0.15) is 5.56 Å². The van der Waals surface area contributed by atoms with Gasteiger partial charge in [0.15, 0.2) is 6.29 Å². The Morgan fingerprint density at radius 2 is 2.06 bits per heavy atom. The zero-order chi connectivity index (χ0) is 12.1. The van der Waals surface area contributed by atoms with Crippen molar-refractivity contribution in [2.24, 2.45) is 0 Å². The summed E-state index contributed by atoms with van der Waals surface area (Å²) in [6, 6.07) is 8.16. The van der Waals surface area contributed by atoms with Crippen LogP contribution in [0.2, 0.25) is 0 Å². The van der Waals surface area contributed by atoms with Gasteiger partial charge in [0.2, 0.25) is 0 Å². The van der Waals surface area contributed by atoms with E-state index in [1.54, 1.807) is 14.2 Å². The Labute approximate surface area is 102 Å². The van der Waals surface area contributed by atoms with E-state index in [9.17, 15) is 0 Å². The van der Waals surface area contributed by atoms with E-state index in [1.807, 2.05) is 18.2 Å². The maximum Gasteiger partial charge on any atom is 0.169 e. The van der Waals surface area contributed by atoms with Gasteiger partial charge in [-0.2, -0.15) is 0 Å². The molecule has 0 N–H and O–H groups in total. The molecule has 0 radical (unpaired) electrons. The normalized spacial score (nSPS) is 16.4. The Hall–Kier alpha value is -1.10. The third kappa shape index (κ3) is 3.19. The highest BCUT2D eigenvalue weighted by atomic mass is 16.7. The molecular weight excluding hydrogens is 218 g/mol. The molecule has 1 aliphatic heterocycles. The molecule has 1 aromatic carbocycles. The van der Waals surface area contributed by atoms with Gasteiger partial charge >= 0.3 is 0 Å². The van der Waals surface area contributed by atoms with Gasteiger partial charge in [0, 0.05) is 39.4 Å². The average Bonchev–Trinajstić information content (AvgIpc) is 2.57. The smallest absolute Gasteiger partial charge is 0.169 e. The van der Waals surface area contributed by atoms with Gasteiger partial charge in [-0.15, -0.1) is 0 Å². The molecule has 94 valence electrons. The Morgan fingerprint density at radius 1 is 1.29 bits per heavy atom. The van der Waals surface area contributed by atoms with Crippen molar-refractivity contribution in [1.29, 1.82) is 0 Å². The van der Waals surface area contributed by atoms with Gasteiger partial charge in [-0.1, -0.05) is 18.2 Å². The number of fused-ring (bicyclic) bond motifs is 1. The second-order valence-electron chi connectivity index (χ2n) is 4.09. The van der Waals surface area contributed by atoms with Crippen molar-refractivity contribution >= 4 is 0 Å². The van der Waals surface area contributed by atoms with E-state index in [0.717, 1.165) is 25.4 Å². The lowest BCUT2D eigenvalue weighted by atomic mass is 10.2. The van der Waals surface area contributed by atoms with E-state index in [-0.39, 0.29) is 6.29 Å². The van der Waals surface area contributed by atoms with E-state index < -0.39 is 0 Å². The van der Waals surface area contributed by atoms with Gasteiger partial charge in [-0.3, -0.25) is 4.90 Å². The highest BCUT2D eigenvalue weighted by molar-refractivity contribution is 5.33. The third-order valence-electron chi connectivity index (χ3n) is 2.96. The molecule has 0 saturated heterocycles. The van der Waals surface area contributed by atoms with Crippen LogP contribution in [0.25, 0.3) is 0 Å². The Balaban J connectivity index is 2.02. The lowest BCUT2D eigenvalue weighted by molar-refractivity contribution is -0.117. The summed E-state index contributed by atoms with van der Waals surface area (Å²) in [4.78, 5) is 2.28. The second-order valence-corrected chi connectivity index (χ2v) is 4.09. The molecule has 1 aliphatic rings. The van der Waals surface area contributed by atoms with Crippen molar-refractivity contribution in [3.63, 3.8) is 0 Å². The molecule has 0 saturated carbocycles. The van der Waals surface area contributed by atoms with Gasteiger partial charge in [0.25, 0.3) is 0 Å². The zero-order valence-electron chi connectivity index (χ0n) is 10.4. The van der Waals surface area contributed by atoms with Gasteiger partial charge in [-0.05, 0) is 6.07 Å². The molecule has 0 atom stereocenters. The largest absolute Gasteiger partial charge is 0.492 e. The highest BCUT2D eigenvalue weighted by Gasteiger charge is 2.18. The van der Waals surface area contributed by atoms with Gasteiger partial charge in [0.05, 0.1) is 0 Å². The number of hydrogen-bond acceptors (Lipinski definition) is 4.